The fourth-order valence-electron chi connectivity index (χ4n) is 2.90. The first-order valence-corrected chi connectivity index (χ1v) is 7.71. The van der Waals surface area contributed by atoms with Crippen LogP contribution in [-0.4, -0.2) is 23.1 Å². The zero-order chi connectivity index (χ0) is 14.7. The quantitative estimate of drug-likeness (QED) is 0.940. The fourth-order valence-corrected chi connectivity index (χ4v) is 2.90. The second-order valence-corrected chi connectivity index (χ2v) is 5.57. The molecule has 110 valence electrons. The number of hydrogen-bond donors (Lipinski definition) is 1. The first kappa shape index (κ1) is 13.9. The molecule has 3 rings (SSSR count). The molecule has 0 spiro atoms. The first-order valence-electron chi connectivity index (χ1n) is 7.71. The standard InChI is InChI=1S/C17H22N4/c1-2-5-16-19-15(18)12-17(20-16)21-10-8-13-6-3-4-7-14(13)9-11-21/h3-4,6-7,12H,2,5,8-11H2,1H3,(H2,18,19,20). The highest BCUT2D eigenvalue weighted by Crippen LogP contribution is 2.21. The van der Waals surface area contributed by atoms with E-state index in [1.807, 2.05) is 6.07 Å². The molecule has 0 saturated heterocycles. The van der Waals surface area contributed by atoms with Gasteiger partial charge in [0.25, 0.3) is 0 Å². The van der Waals surface area contributed by atoms with E-state index >= 15 is 0 Å². The van der Waals surface area contributed by atoms with Gasteiger partial charge >= 0.3 is 0 Å². The molecule has 0 aliphatic carbocycles. The van der Waals surface area contributed by atoms with Gasteiger partial charge in [0.2, 0.25) is 0 Å². The van der Waals surface area contributed by atoms with Crippen LogP contribution in [0.5, 0.6) is 0 Å². The predicted molar refractivity (Wildman–Crippen MR) is 86.5 cm³/mol. The summed E-state index contributed by atoms with van der Waals surface area (Å²) < 4.78 is 0. The monoisotopic (exact) mass is 282 g/mol. The number of benzene rings is 1. The summed E-state index contributed by atoms with van der Waals surface area (Å²) in [6.07, 6.45) is 4.03. The molecular formula is C17H22N4. The summed E-state index contributed by atoms with van der Waals surface area (Å²) in [5.74, 6) is 2.40. The zero-order valence-corrected chi connectivity index (χ0v) is 12.5. The Balaban J connectivity index is 1.82. The maximum absolute atomic E-state index is 5.94. The molecule has 1 aliphatic rings. The van der Waals surface area contributed by atoms with Gasteiger partial charge in [0.15, 0.2) is 0 Å². The Morgan fingerprint density at radius 1 is 1.10 bits per heavy atom. The van der Waals surface area contributed by atoms with Crippen molar-refractivity contribution in [3.8, 4) is 0 Å². The van der Waals surface area contributed by atoms with Gasteiger partial charge in [0.1, 0.15) is 17.5 Å². The third-order valence-electron chi connectivity index (χ3n) is 4.00. The van der Waals surface area contributed by atoms with Crippen molar-refractivity contribution in [2.24, 2.45) is 0 Å². The lowest BCUT2D eigenvalue weighted by molar-refractivity contribution is 0.768. The number of anilines is 2. The number of nitrogens with zero attached hydrogens (tertiary/aromatic N) is 3. The number of nitrogens with two attached hydrogens (primary N) is 1. The van der Waals surface area contributed by atoms with Crippen LogP contribution in [0.3, 0.4) is 0 Å². The van der Waals surface area contributed by atoms with Crippen LogP contribution in [0.25, 0.3) is 0 Å². The highest BCUT2D eigenvalue weighted by Gasteiger charge is 2.16. The van der Waals surface area contributed by atoms with E-state index in [0.29, 0.717) is 5.82 Å². The molecule has 2 aromatic rings. The summed E-state index contributed by atoms with van der Waals surface area (Å²) in [5.41, 5.74) is 8.85. The Morgan fingerprint density at radius 2 is 1.76 bits per heavy atom. The molecule has 0 radical (unpaired) electrons. The summed E-state index contributed by atoms with van der Waals surface area (Å²) in [6.45, 7) is 4.10. The average molecular weight is 282 g/mol. The van der Waals surface area contributed by atoms with Crippen LogP contribution in [0.15, 0.2) is 30.3 Å². The molecule has 4 heteroatoms. The maximum atomic E-state index is 5.94. The third kappa shape index (κ3) is 3.15. The van der Waals surface area contributed by atoms with Gasteiger partial charge in [0, 0.05) is 25.6 Å². The summed E-state index contributed by atoms with van der Waals surface area (Å²) in [7, 11) is 0. The smallest absolute Gasteiger partial charge is 0.134 e. The Bertz CT molecular complexity index is 597. The third-order valence-corrected chi connectivity index (χ3v) is 4.00. The van der Waals surface area contributed by atoms with Crippen LogP contribution in [0.4, 0.5) is 11.6 Å². The number of aromatic nitrogens is 2. The molecule has 1 aromatic heterocycles. The molecule has 4 nitrogen and oxygen atoms in total. The van der Waals surface area contributed by atoms with Gasteiger partial charge in [-0.05, 0) is 30.4 Å². The van der Waals surface area contributed by atoms with Crippen LogP contribution in [0.2, 0.25) is 0 Å². The van der Waals surface area contributed by atoms with E-state index in [2.05, 4.69) is 46.1 Å². The van der Waals surface area contributed by atoms with E-state index in [4.69, 9.17) is 5.73 Å². The Labute approximate surface area is 126 Å². The van der Waals surface area contributed by atoms with Crippen molar-refractivity contribution in [1.29, 1.82) is 0 Å². The lowest BCUT2D eigenvalue weighted by atomic mass is 10.0. The molecule has 1 aromatic carbocycles. The number of aryl methyl sites for hydroxylation is 1. The second-order valence-electron chi connectivity index (χ2n) is 5.57. The van der Waals surface area contributed by atoms with Crippen molar-refractivity contribution in [1.82, 2.24) is 9.97 Å². The van der Waals surface area contributed by atoms with Crippen molar-refractivity contribution in [3.05, 3.63) is 47.3 Å². The molecule has 2 heterocycles. The van der Waals surface area contributed by atoms with E-state index < -0.39 is 0 Å². The van der Waals surface area contributed by atoms with Crippen molar-refractivity contribution in [2.45, 2.75) is 32.6 Å². The number of hydrogen-bond acceptors (Lipinski definition) is 4. The van der Waals surface area contributed by atoms with Gasteiger partial charge in [-0.15, -0.1) is 0 Å². The summed E-state index contributed by atoms with van der Waals surface area (Å²) >= 11 is 0. The van der Waals surface area contributed by atoms with E-state index in [1.54, 1.807) is 0 Å². The first-order chi connectivity index (χ1) is 10.3. The summed E-state index contributed by atoms with van der Waals surface area (Å²) in [4.78, 5) is 11.3. The number of nitrogen functional groups attached to an aromatic ring is 1. The van der Waals surface area contributed by atoms with Crippen LogP contribution in [0.1, 0.15) is 30.3 Å². The highest BCUT2D eigenvalue weighted by atomic mass is 15.2. The van der Waals surface area contributed by atoms with E-state index in [1.165, 1.54) is 11.1 Å². The van der Waals surface area contributed by atoms with Gasteiger partial charge < -0.3 is 10.6 Å². The minimum Gasteiger partial charge on any atom is -0.384 e. The van der Waals surface area contributed by atoms with E-state index in [-0.39, 0.29) is 0 Å². The zero-order valence-electron chi connectivity index (χ0n) is 12.5. The van der Waals surface area contributed by atoms with Gasteiger partial charge in [-0.25, -0.2) is 9.97 Å². The Morgan fingerprint density at radius 3 is 2.38 bits per heavy atom. The number of fused-ring (bicyclic) bond motifs is 1. The normalized spacial score (nSPS) is 14.6. The van der Waals surface area contributed by atoms with E-state index in [9.17, 15) is 0 Å². The highest BCUT2D eigenvalue weighted by molar-refractivity contribution is 5.48. The van der Waals surface area contributed by atoms with Crippen LogP contribution >= 0.6 is 0 Å². The molecule has 0 fully saturated rings. The average Bonchev–Trinajstić information content (AvgIpc) is 2.69. The molecule has 0 atom stereocenters. The molecule has 0 amide bonds. The molecule has 21 heavy (non-hydrogen) atoms. The van der Waals surface area contributed by atoms with Crippen molar-refractivity contribution < 1.29 is 0 Å². The number of rotatable bonds is 3. The van der Waals surface area contributed by atoms with Crippen molar-refractivity contribution >= 4 is 11.6 Å². The van der Waals surface area contributed by atoms with Crippen LogP contribution in [0, 0.1) is 0 Å². The van der Waals surface area contributed by atoms with Crippen molar-refractivity contribution in [3.63, 3.8) is 0 Å². The molecule has 2 N–H and O–H groups in total. The molecule has 0 bridgehead atoms. The van der Waals surface area contributed by atoms with Gasteiger partial charge in [0.05, 0.1) is 0 Å². The van der Waals surface area contributed by atoms with Crippen LogP contribution < -0.4 is 10.6 Å². The minimum atomic E-state index is 0.574. The van der Waals surface area contributed by atoms with Crippen molar-refractivity contribution in [2.75, 3.05) is 23.7 Å². The second kappa shape index (κ2) is 6.12. The maximum Gasteiger partial charge on any atom is 0.134 e. The van der Waals surface area contributed by atoms with E-state index in [0.717, 1.165) is 50.4 Å². The fraction of sp³-hybridized carbons (Fsp3) is 0.412. The lowest BCUT2D eigenvalue weighted by Gasteiger charge is -2.22. The Hall–Kier alpha value is -2.10. The topological polar surface area (TPSA) is 55.0 Å². The molecule has 1 aliphatic heterocycles. The minimum absolute atomic E-state index is 0.574. The molecular weight excluding hydrogens is 260 g/mol. The molecule has 0 saturated carbocycles. The van der Waals surface area contributed by atoms with Gasteiger partial charge in [-0.2, -0.15) is 0 Å². The summed E-state index contributed by atoms with van der Waals surface area (Å²) in [6, 6.07) is 10.6. The Kier molecular flexibility index (Phi) is 4.04. The largest absolute Gasteiger partial charge is 0.384 e. The van der Waals surface area contributed by atoms with Gasteiger partial charge in [-0.3, -0.25) is 0 Å². The van der Waals surface area contributed by atoms with Crippen LogP contribution in [-0.2, 0) is 19.3 Å². The summed E-state index contributed by atoms with van der Waals surface area (Å²) in [5, 5.41) is 0. The molecule has 0 unspecified atom stereocenters. The lowest BCUT2D eigenvalue weighted by Crippen LogP contribution is -2.27. The predicted octanol–water partition coefficient (Wildman–Crippen LogP) is 2.62. The SMILES string of the molecule is CCCc1nc(N)cc(N2CCc3ccccc3CC2)n1. The van der Waals surface area contributed by atoms with Gasteiger partial charge in [-0.1, -0.05) is 31.2 Å².